The molecule has 0 bridgehead atoms. The molecular weight excluding hydrogens is 541 g/mol. The Morgan fingerprint density at radius 3 is 2.41 bits per heavy atom. The second kappa shape index (κ2) is 12.0. The second-order valence-corrected chi connectivity index (χ2v) is 12.1. The number of carboxylic acid groups (broad SMARTS) is 1. The molecule has 1 aliphatic rings. The first-order chi connectivity index (χ1) is 17.4. The minimum Gasteiger partial charge on any atom is -0.481 e. The molecule has 3 N–H and O–H groups in total. The van der Waals surface area contributed by atoms with E-state index in [0.717, 1.165) is 11.9 Å². The number of aliphatic carboxylic acids is 1. The number of nitrogens with one attached hydrogen (secondary N) is 2. The van der Waals surface area contributed by atoms with E-state index in [1.54, 1.807) is 58.0 Å². The van der Waals surface area contributed by atoms with Crippen LogP contribution in [0.4, 0.5) is 11.4 Å². The number of halogens is 2. The van der Waals surface area contributed by atoms with Crippen molar-refractivity contribution in [2.45, 2.75) is 50.4 Å². The van der Waals surface area contributed by atoms with E-state index in [2.05, 4.69) is 15.2 Å². The van der Waals surface area contributed by atoms with Crippen LogP contribution < -0.4 is 10.6 Å². The summed E-state index contributed by atoms with van der Waals surface area (Å²) >= 11 is 13.7. The molecule has 0 unspecified atom stereocenters. The Morgan fingerprint density at radius 1 is 1.16 bits per heavy atom. The molecule has 0 saturated carbocycles. The number of para-hydroxylation sites is 1. The van der Waals surface area contributed by atoms with Crippen molar-refractivity contribution < 1.29 is 24.2 Å². The lowest BCUT2D eigenvalue weighted by molar-refractivity contribution is -0.142. The smallest absolute Gasteiger partial charge is 0.313 e. The fourth-order valence-corrected chi connectivity index (χ4v) is 4.59. The van der Waals surface area contributed by atoms with Crippen molar-refractivity contribution in [2.24, 2.45) is 4.58 Å². The minimum absolute atomic E-state index is 0.148. The maximum Gasteiger partial charge on any atom is 0.313 e. The molecule has 3 rings (SSSR count). The van der Waals surface area contributed by atoms with Gasteiger partial charge >= 0.3 is 5.97 Å². The minimum atomic E-state index is -1.40. The van der Waals surface area contributed by atoms with Gasteiger partial charge in [-0.3, -0.25) is 9.59 Å². The van der Waals surface area contributed by atoms with E-state index in [4.69, 9.17) is 32.7 Å². The summed E-state index contributed by atoms with van der Waals surface area (Å²) < 4.78 is 13.2. The molecule has 1 aliphatic heterocycles. The van der Waals surface area contributed by atoms with Gasteiger partial charge in [0.25, 0.3) is 5.91 Å². The molecule has 1 amide bonds. The van der Waals surface area contributed by atoms with Gasteiger partial charge < -0.3 is 25.2 Å². The third-order valence-corrected chi connectivity index (χ3v) is 7.34. The second-order valence-electron chi connectivity index (χ2n) is 9.80. The Bertz CT molecular complexity index is 1170. The molecule has 1 heterocycles. The summed E-state index contributed by atoms with van der Waals surface area (Å²) in [5, 5.41) is 16.9. The van der Waals surface area contributed by atoms with E-state index >= 15 is 0 Å². The number of hydrogen-bond donors (Lipinski definition) is 3. The van der Waals surface area contributed by atoms with Crippen molar-refractivity contribution in [3.8, 4) is 0 Å². The first-order valence-corrected chi connectivity index (χ1v) is 13.0. The lowest BCUT2D eigenvalue weighted by atomic mass is 9.80. The fraction of sp³-hybridized carbons (Fsp3) is 0.440. The van der Waals surface area contributed by atoms with E-state index in [0.29, 0.717) is 45.6 Å². The van der Waals surface area contributed by atoms with Crippen molar-refractivity contribution in [1.82, 2.24) is 5.32 Å². The van der Waals surface area contributed by atoms with Gasteiger partial charge in [-0.05, 0) is 63.1 Å². The highest BCUT2D eigenvalue weighted by molar-refractivity contribution is 7.99. The van der Waals surface area contributed by atoms with Gasteiger partial charge in [-0.1, -0.05) is 29.3 Å². The zero-order valence-corrected chi connectivity index (χ0v) is 23.2. The first kappa shape index (κ1) is 29.2. The maximum atomic E-state index is 13.2. The van der Waals surface area contributed by atoms with Gasteiger partial charge in [0.1, 0.15) is 6.79 Å². The van der Waals surface area contributed by atoms with Gasteiger partial charge in [-0.25, -0.2) is 0 Å². The first-order valence-electron chi connectivity index (χ1n) is 11.5. The Kier molecular flexibility index (Phi) is 9.47. The Morgan fingerprint density at radius 2 is 1.84 bits per heavy atom. The van der Waals surface area contributed by atoms with Crippen LogP contribution in [0.15, 0.2) is 34.9 Å². The van der Waals surface area contributed by atoms with Crippen molar-refractivity contribution in [3.05, 3.63) is 62.0 Å². The van der Waals surface area contributed by atoms with E-state index < -0.39 is 22.0 Å². The summed E-state index contributed by atoms with van der Waals surface area (Å²) in [4.78, 5) is 36.3. The number of carboxylic acids is 1. The molecule has 1 atom stereocenters. The summed E-state index contributed by atoms with van der Waals surface area (Å²) in [5.74, 6) is -1.51. The monoisotopic (exact) mass is 569 g/mol. The third kappa shape index (κ3) is 7.14. The van der Waals surface area contributed by atoms with Crippen LogP contribution >= 0.6 is 35.1 Å². The van der Waals surface area contributed by atoms with Crippen LogP contribution in [0.3, 0.4) is 0 Å². The molecule has 200 valence electrons. The highest BCUT2D eigenvalue weighted by atomic mass is 35.5. The van der Waals surface area contributed by atoms with Crippen LogP contribution in [0.1, 0.15) is 49.2 Å². The standard InChI is InChI=1S/C25H29Cl2N3O6S/c1-24(2,37-30-34)12-28-22(31)15-8-14(9-16-11-35-13-36-16)20(17(10-15)25(3,4)23(32)33)29-21-18(26)6-5-7-19(21)27/h5-8,10,16,29H,9,11-13H2,1-4H3,(H,28,31)(H,32,33)/t16-/m1/s1. The molecular formula is C25H29Cl2N3O6S. The lowest BCUT2D eigenvalue weighted by Crippen LogP contribution is -2.36. The molecule has 1 saturated heterocycles. The number of carbonyl (C=O) groups excluding carboxylic acids is 1. The Labute approximate surface area is 229 Å². The largest absolute Gasteiger partial charge is 0.481 e. The molecule has 2 aromatic carbocycles. The van der Waals surface area contributed by atoms with Gasteiger partial charge in [0.15, 0.2) is 0 Å². The molecule has 2 aromatic rings. The number of anilines is 2. The molecule has 9 nitrogen and oxygen atoms in total. The zero-order valence-electron chi connectivity index (χ0n) is 20.9. The summed E-state index contributed by atoms with van der Waals surface area (Å²) in [7, 11) is 0. The van der Waals surface area contributed by atoms with Crippen LogP contribution in [0.25, 0.3) is 0 Å². The van der Waals surface area contributed by atoms with Gasteiger partial charge in [0.05, 0.1) is 38.6 Å². The summed E-state index contributed by atoms with van der Waals surface area (Å²) in [6.07, 6.45) is 0.0420. The van der Waals surface area contributed by atoms with E-state index in [-0.39, 0.29) is 25.0 Å². The van der Waals surface area contributed by atoms with E-state index in [9.17, 15) is 19.6 Å². The highest BCUT2D eigenvalue weighted by Crippen LogP contribution is 2.40. The Balaban J connectivity index is 2.15. The summed E-state index contributed by atoms with van der Waals surface area (Å²) in [6.45, 7) is 7.34. The number of ether oxygens (including phenoxy) is 2. The van der Waals surface area contributed by atoms with E-state index in [1.165, 1.54) is 0 Å². The lowest BCUT2D eigenvalue weighted by Gasteiger charge is -2.28. The number of amides is 1. The number of nitrogens with zero attached hydrogens (tertiary/aromatic N) is 1. The van der Waals surface area contributed by atoms with Crippen molar-refractivity contribution in [3.63, 3.8) is 0 Å². The topological polar surface area (TPSA) is 126 Å². The van der Waals surface area contributed by atoms with Gasteiger partial charge in [0.2, 0.25) is 0 Å². The average molecular weight is 570 g/mol. The average Bonchev–Trinajstić information content (AvgIpc) is 3.33. The van der Waals surface area contributed by atoms with Crippen molar-refractivity contribution >= 4 is 58.4 Å². The van der Waals surface area contributed by atoms with Crippen LogP contribution in [0, 0.1) is 4.91 Å². The fourth-order valence-electron chi connectivity index (χ4n) is 3.76. The van der Waals surface area contributed by atoms with Gasteiger partial charge in [0, 0.05) is 40.7 Å². The number of benzene rings is 2. The number of hydrogen-bond acceptors (Lipinski definition) is 8. The number of nitroso groups, excluding NO2 is 1. The maximum absolute atomic E-state index is 13.2. The number of rotatable bonds is 11. The SMILES string of the molecule is CC(C)(CNC(=O)c1cc(C[C@@H]2COCO2)c(Nc2c(Cl)cccc2Cl)c(C(C)(C)C(=O)O)c1)SN=O. The predicted octanol–water partition coefficient (Wildman–Crippen LogP) is 5.94. The highest BCUT2D eigenvalue weighted by Gasteiger charge is 2.35. The molecule has 0 aromatic heterocycles. The molecule has 0 radical (unpaired) electrons. The number of carbonyl (C=O) groups is 2. The van der Waals surface area contributed by atoms with Crippen LogP contribution in [-0.2, 0) is 26.1 Å². The molecule has 0 aliphatic carbocycles. The summed E-state index contributed by atoms with van der Waals surface area (Å²) in [5.41, 5.74) is 0.734. The van der Waals surface area contributed by atoms with Crippen LogP contribution in [0.2, 0.25) is 10.0 Å². The quantitative estimate of drug-likeness (QED) is 0.224. The van der Waals surface area contributed by atoms with Gasteiger partial charge in [-0.15, -0.1) is 4.91 Å². The molecule has 1 fully saturated rings. The Hall–Kier alpha value is -2.37. The van der Waals surface area contributed by atoms with Crippen molar-refractivity contribution in [2.75, 3.05) is 25.3 Å². The zero-order chi connectivity index (χ0) is 27.4. The summed E-state index contributed by atoms with van der Waals surface area (Å²) in [6, 6.07) is 8.27. The third-order valence-electron chi connectivity index (χ3n) is 6.00. The predicted molar refractivity (Wildman–Crippen MR) is 146 cm³/mol. The van der Waals surface area contributed by atoms with Gasteiger partial charge in [-0.2, -0.15) is 0 Å². The van der Waals surface area contributed by atoms with E-state index in [1.807, 2.05) is 0 Å². The van der Waals surface area contributed by atoms with Crippen LogP contribution in [0.5, 0.6) is 0 Å². The normalized spacial score (nSPS) is 15.9. The van der Waals surface area contributed by atoms with Crippen LogP contribution in [-0.4, -0.2) is 47.8 Å². The molecule has 12 heteroatoms. The van der Waals surface area contributed by atoms with Crippen molar-refractivity contribution in [1.29, 1.82) is 0 Å². The molecule has 37 heavy (non-hydrogen) atoms. The molecule has 0 spiro atoms.